The summed E-state index contributed by atoms with van der Waals surface area (Å²) in [7, 11) is 0. The molecule has 3 aromatic heterocycles. The summed E-state index contributed by atoms with van der Waals surface area (Å²) in [4.78, 5) is 8.61. The molecule has 2 atom stereocenters. The average molecular weight is 329 g/mol. The van der Waals surface area contributed by atoms with E-state index in [2.05, 4.69) is 20.3 Å². The topological polar surface area (TPSA) is 92.0 Å². The largest absolute Gasteiger partial charge is 0.368 e. The fourth-order valence-electron chi connectivity index (χ4n) is 3.13. The first-order chi connectivity index (χ1) is 11.7. The van der Waals surface area contributed by atoms with E-state index >= 15 is 0 Å². The third-order valence-corrected chi connectivity index (χ3v) is 4.46. The van der Waals surface area contributed by atoms with E-state index in [0.29, 0.717) is 30.7 Å². The fourth-order valence-corrected chi connectivity index (χ4v) is 3.13. The van der Waals surface area contributed by atoms with Gasteiger partial charge in [-0.05, 0) is 20.3 Å². The Kier molecular flexibility index (Phi) is 3.89. The summed E-state index contributed by atoms with van der Waals surface area (Å²) in [5, 5.41) is 8.05. The van der Waals surface area contributed by atoms with Gasteiger partial charge < -0.3 is 18.4 Å². The van der Waals surface area contributed by atoms with Crippen LogP contribution >= 0.6 is 0 Å². The molecule has 0 radical (unpaired) electrons. The molecule has 8 heteroatoms. The van der Waals surface area contributed by atoms with Gasteiger partial charge in [0.1, 0.15) is 11.9 Å². The van der Waals surface area contributed by atoms with Gasteiger partial charge in [-0.1, -0.05) is 10.3 Å². The van der Waals surface area contributed by atoms with Crippen LogP contribution in [0.1, 0.15) is 41.3 Å². The highest BCUT2D eigenvalue weighted by atomic mass is 16.5. The highest BCUT2D eigenvalue weighted by Crippen LogP contribution is 2.34. The van der Waals surface area contributed by atoms with Crippen molar-refractivity contribution < 1.29 is 13.8 Å². The quantitative estimate of drug-likeness (QED) is 0.708. The molecule has 0 bridgehead atoms. The smallest absolute Gasteiger partial charge is 0.256 e. The molecule has 0 aliphatic carbocycles. The minimum atomic E-state index is -0.168. The van der Waals surface area contributed by atoms with Gasteiger partial charge in [-0.2, -0.15) is 4.98 Å². The zero-order chi connectivity index (χ0) is 16.5. The van der Waals surface area contributed by atoms with E-state index in [-0.39, 0.29) is 6.10 Å². The predicted molar refractivity (Wildman–Crippen MR) is 82.1 cm³/mol. The van der Waals surface area contributed by atoms with Gasteiger partial charge in [-0.3, -0.25) is 0 Å². The lowest BCUT2D eigenvalue weighted by Gasteiger charge is -2.15. The van der Waals surface area contributed by atoms with Gasteiger partial charge in [-0.25, -0.2) is 4.98 Å². The molecular weight excluding hydrogens is 310 g/mol. The van der Waals surface area contributed by atoms with Gasteiger partial charge >= 0.3 is 0 Å². The van der Waals surface area contributed by atoms with Gasteiger partial charge in [0.05, 0.1) is 12.0 Å². The normalized spacial score (nSPS) is 20.8. The zero-order valence-corrected chi connectivity index (χ0v) is 13.7. The molecule has 0 amide bonds. The number of ether oxygens (including phenoxy) is 1. The first-order valence-corrected chi connectivity index (χ1v) is 8.02. The molecule has 1 fully saturated rings. The van der Waals surface area contributed by atoms with Crippen molar-refractivity contribution in [3.8, 4) is 0 Å². The summed E-state index contributed by atoms with van der Waals surface area (Å²) in [6.07, 6.45) is 6.88. The second-order valence-electron chi connectivity index (χ2n) is 6.13. The number of hydrogen-bond acceptors (Lipinski definition) is 7. The Morgan fingerprint density at radius 3 is 2.92 bits per heavy atom. The fraction of sp³-hybridized carbons (Fsp3) is 0.500. The van der Waals surface area contributed by atoms with Gasteiger partial charge in [0, 0.05) is 43.4 Å². The minimum Gasteiger partial charge on any atom is -0.368 e. The van der Waals surface area contributed by atoms with Crippen molar-refractivity contribution in [1.82, 2.24) is 24.8 Å². The van der Waals surface area contributed by atoms with Gasteiger partial charge in [-0.15, -0.1) is 0 Å². The van der Waals surface area contributed by atoms with Crippen LogP contribution in [-0.4, -0.2) is 31.5 Å². The van der Waals surface area contributed by atoms with Crippen LogP contribution in [0.4, 0.5) is 0 Å². The van der Waals surface area contributed by atoms with Crippen molar-refractivity contribution in [1.29, 1.82) is 0 Å². The van der Waals surface area contributed by atoms with Crippen LogP contribution in [0.15, 0.2) is 27.8 Å². The van der Waals surface area contributed by atoms with E-state index in [4.69, 9.17) is 13.8 Å². The van der Waals surface area contributed by atoms with E-state index in [1.807, 2.05) is 30.9 Å². The molecule has 8 nitrogen and oxygen atoms in total. The minimum absolute atomic E-state index is 0.168. The Hall–Kier alpha value is -2.48. The highest BCUT2D eigenvalue weighted by molar-refractivity contribution is 5.24. The number of rotatable bonds is 5. The molecule has 0 saturated carbocycles. The Bertz CT molecular complexity index is 788. The van der Waals surface area contributed by atoms with Crippen LogP contribution in [0.25, 0.3) is 0 Å². The van der Waals surface area contributed by atoms with Crippen LogP contribution in [-0.2, 0) is 17.7 Å². The van der Waals surface area contributed by atoms with Crippen molar-refractivity contribution >= 4 is 0 Å². The molecule has 0 aromatic carbocycles. The molecule has 0 spiro atoms. The molecule has 3 aromatic rings. The van der Waals surface area contributed by atoms with E-state index in [0.717, 1.165) is 30.0 Å². The van der Waals surface area contributed by atoms with Crippen molar-refractivity contribution in [2.45, 2.75) is 39.3 Å². The summed E-state index contributed by atoms with van der Waals surface area (Å²) in [5.41, 5.74) is 1.86. The maximum atomic E-state index is 5.84. The van der Waals surface area contributed by atoms with Crippen molar-refractivity contribution in [2.24, 2.45) is 5.92 Å². The summed E-state index contributed by atoms with van der Waals surface area (Å²) in [5.74, 6) is 2.25. The van der Waals surface area contributed by atoms with Crippen LogP contribution in [0.2, 0.25) is 0 Å². The molecule has 0 unspecified atom stereocenters. The molecule has 1 aliphatic heterocycles. The molecular formula is C16H19N5O3. The lowest BCUT2D eigenvalue weighted by atomic mass is 10.0. The summed E-state index contributed by atoms with van der Waals surface area (Å²) >= 11 is 0. The summed E-state index contributed by atoms with van der Waals surface area (Å²) < 4.78 is 18.5. The van der Waals surface area contributed by atoms with Crippen molar-refractivity contribution in [2.75, 3.05) is 6.61 Å². The lowest BCUT2D eigenvalue weighted by molar-refractivity contribution is 0.0587. The van der Waals surface area contributed by atoms with Gasteiger partial charge in [0.2, 0.25) is 0 Å². The summed E-state index contributed by atoms with van der Waals surface area (Å²) in [6.45, 7) is 5.32. The van der Waals surface area contributed by atoms with E-state index < -0.39 is 0 Å². The zero-order valence-electron chi connectivity index (χ0n) is 13.7. The first-order valence-electron chi connectivity index (χ1n) is 8.02. The number of aromatic nitrogens is 5. The standard InChI is InChI=1S/C16H19N5O3/c1-10-13(11(2)23-19-10)7-14-18-16(24-20-14)15-12(3-6-22-15)8-21-5-4-17-9-21/h4-5,9,12,15H,3,6-8H2,1-2H3/t12-,15-/m0/s1. The van der Waals surface area contributed by atoms with Crippen molar-refractivity contribution in [3.63, 3.8) is 0 Å². The van der Waals surface area contributed by atoms with Crippen molar-refractivity contribution in [3.05, 3.63) is 47.5 Å². The second-order valence-corrected chi connectivity index (χ2v) is 6.13. The highest BCUT2D eigenvalue weighted by Gasteiger charge is 2.34. The summed E-state index contributed by atoms with van der Waals surface area (Å²) in [6, 6.07) is 0. The number of imidazole rings is 1. The lowest BCUT2D eigenvalue weighted by Crippen LogP contribution is -2.14. The maximum absolute atomic E-state index is 5.84. The molecule has 1 aliphatic rings. The van der Waals surface area contributed by atoms with E-state index in [1.54, 1.807) is 6.20 Å². The van der Waals surface area contributed by atoms with E-state index in [1.165, 1.54) is 0 Å². The van der Waals surface area contributed by atoms with Crippen LogP contribution in [0.3, 0.4) is 0 Å². The average Bonchev–Trinajstić information content (AvgIpc) is 3.34. The number of aryl methyl sites for hydroxylation is 2. The number of hydrogen-bond donors (Lipinski definition) is 0. The Morgan fingerprint density at radius 2 is 2.17 bits per heavy atom. The van der Waals surface area contributed by atoms with Gasteiger partial charge in [0.15, 0.2) is 5.82 Å². The predicted octanol–water partition coefficient (Wildman–Crippen LogP) is 2.24. The Balaban J connectivity index is 1.49. The molecule has 126 valence electrons. The number of nitrogens with zero attached hydrogens (tertiary/aromatic N) is 5. The SMILES string of the molecule is Cc1noc(C)c1Cc1noc([C@H]2OCC[C@H]2Cn2ccnc2)n1. The van der Waals surface area contributed by atoms with Crippen LogP contribution in [0.5, 0.6) is 0 Å². The maximum Gasteiger partial charge on any atom is 0.256 e. The third-order valence-electron chi connectivity index (χ3n) is 4.46. The van der Waals surface area contributed by atoms with Crippen LogP contribution < -0.4 is 0 Å². The van der Waals surface area contributed by atoms with Gasteiger partial charge in [0.25, 0.3) is 5.89 Å². The van der Waals surface area contributed by atoms with E-state index in [9.17, 15) is 0 Å². The third kappa shape index (κ3) is 2.84. The monoisotopic (exact) mass is 329 g/mol. The first kappa shape index (κ1) is 15.1. The molecule has 24 heavy (non-hydrogen) atoms. The molecule has 1 saturated heterocycles. The Morgan fingerprint density at radius 1 is 1.25 bits per heavy atom. The second kappa shape index (κ2) is 6.20. The van der Waals surface area contributed by atoms with Crippen LogP contribution in [0, 0.1) is 19.8 Å². The molecule has 4 rings (SSSR count). The molecule has 4 heterocycles. The molecule has 0 N–H and O–H groups in total. The Labute approximate surface area is 138 Å².